The first-order chi connectivity index (χ1) is 9.01. The number of para-hydroxylation sites is 1. The summed E-state index contributed by atoms with van der Waals surface area (Å²) < 4.78 is 37.0. The molecule has 0 aliphatic carbocycles. The van der Waals surface area contributed by atoms with Crippen LogP contribution in [0.5, 0.6) is 0 Å². The zero-order valence-corrected chi connectivity index (χ0v) is 11.2. The molecule has 1 aromatic carbocycles. The van der Waals surface area contributed by atoms with Crippen LogP contribution in [0.3, 0.4) is 0 Å². The minimum Gasteiger partial charge on any atom is -0.385 e. The zero-order valence-electron chi connectivity index (χ0n) is 11.2. The Hall–Kier alpha value is -1.23. The molecule has 0 atom stereocenters. The molecular weight excluding hydrogens is 253 g/mol. The minimum atomic E-state index is -4.11. The summed E-state index contributed by atoms with van der Waals surface area (Å²) in [7, 11) is 0. The van der Waals surface area contributed by atoms with Crippen LogP contribution in [0.2, 0.25) is 0 Å². The van der Waals surface area contributed by atoms with Crippen LogP contribution in [0, 0.1) is 0 Å². The van der Waals surface area contributed by atoms with Crippen molar-refractivity contribution in [2.45, 2.75) is 25.9 Å². The number of nitrogens with zero attached hydrogens (tertiary/aromatic N) is 1. The number of halogens is 3. The SMILES string of the molecule is CCCN(CCCNc1ccccc1)CC(F)(F)F. The molecule has 0 unspecified atom stereocenters. The van der Waals surface area contributed by atoms with Crippen LogP contribution in [0.25, 0.3) is 0 Å². The van der Waals surface area contributed by atoms with E-state index in [4.69, 9.17) is 0 Å². The van der Waals surface area contributed by atoms with Crippen LogP contribution in [-0.2, 0) is 0 Å². The maximum atomic E-state index is 12.3. The molecule has 0 saturated heterocycles. The molecule has 19 heavy (non-hydrogen) atoms. The number of benzene rings is 1. The largest absolute Gasteiger partial charge is 0.401 e. The number of nitrogens with one attached hydrogen (secondary N) is 1. The van der Waals surface area contributed by atoms with Crippen LogP contribution >= 0.6 is 0 Å². The first-order valence-electron chi connectivity index (χ1n) is 6.59. The Bertz CT molecular complexity index is 338. The molecule has 1 N–H and O–H groups in total. The van der Waals surface area contributed by atoms with E-state index in [0.29, 0.717) is 26.1 Å². The highest BCUT2D eigenvalue weighted by molar-refractivity contribution is 5.42. The van der Waals surface area contributed by atoms with Gasteiger partial charge in [-0.25, -0.2) is 0 Å². The lowest BCUT2D eigenvalue weighted by molar-refractivity contribution is -0.146. The fourth-order valence-corrected chi connectivity index (χ4v) is 1.93. The maximum absolute atomic E-state index is 12.3. The van der Waals surface area contributed by atoms with E-state index in [0.717, 1.165) is 12.1 Å². The molecule has 0 saturated carbocycles. The quantitative estimate of drug-likeness (QED) is 0.726. The maximum Gasteiger partial charge on any atom is 0.401 e. The first-order valence-corrected chi connectivity index (χ1v) is 6.59. The molecule has 0 fully saturated rings. The normalized spacial score (nSPS) is 11.8. The second kappa shape index (κ2) is 8.04. The average molecular weight is 274 g/mol. The van der Waals surface area contributed by atoms with Gasteiger partial charge in [-0.15, -0.1) is 0 Å². The number of alkyl halides is 3. The third-order valence-corrected chi connectivity index (χ3v) is 2.70. The summed E-state index contributed by atoms with van der Waals surface area (Å²) in [5.41, 5.74) is 1.00. The molecule has 0 aromatic heterocycles. The monoisotopic (exact) mass is 274 g/mol. The van der Waals surface area contributed by atoms with Crippen molar-refractivity contribution in [3.8, 4) is 0 Å². The average Bonchev–Trinajstić information content (AvgIpc) is 2.34. The molecule has 0 heterocycles. The summed E-state index contributed by atoms with van der Waals surface area (Å²) in [5, 5.41) is 3.20. The fraction of sp³-hybridized carbons (Fsp3) is 0.571. The molecule has 0 amide bonds. The third-order valence-electron chi connectivity index (χ3n) is 2.70. The lowest BCUT2D eigenvalue weighted by Gasteiger charge is -2.23. The van der Waals surface area contributed by atoms with Gasteiger partial charge in [0, 0.05) is 18.8 Å². The zero-order chi connectivity index (χ0) is 14.1. The second-order valence-corrected chi connectivity index (χ2v) is 4.54. The molecule has 1 rings (SSSR count). The molecule has 0 radical (unpaired) electrons. The minimum absolute atomic E-state index is 0.465. The molecule has 1 aromatic rings. The van der Waals surface area contributed by atoms with Gasteiger partial charge in [-0.2, -0.15) is 13.2 Å². The Kier molecular flexibility index (Phi) is 6.70. The van der Waals surface area contributed by atoms with Crippen molar-refractivity contribution in [3.05, 3.63) is 30.3 Å². The number of hydrogen-bond donors (Lipinski definition) is 1. The van der Waals surface area contributed by atoms with Crippen molar-refractivity contribution >= 4 is 5.69 Å². The molecule has 5 heteroatoms. The van der Waals surface area contributed by atoms with Crippen molar-refractivity contribution in [1.82, 2.24) is 4.90 Å². The number of anilines is 1. The summed E-state index contributed by atoms with van der Waals surface area (Å²) in [6.45, 7) is 2.72. The summed E-state index contributed by atoms with van der Waals surface area (Å²) in [6.07, 6.45) is -2.67. The lowest BCUT2D eigenvalue weighted by Crippen LogP contribution is -2.36. The van der Waals surface area contributed by atoms with Gasteiger partial charge in [0.2, 0.25) is 0 Å². The van der Waals surface area contributed by atoms with Gasteiger partial charge in [-0.3, -0.25) is 4.90 Å². The molecule has 2 nitrogen and oxygen atoms in total. The molecular formula is C14H21F3N2. The fourth-order valence-electron chi connectivity index (χ4n) is 1.93. The van der Waals surface area contributed by atoms with Crippen LogP contribution in [-0.4, -0.2) is 37.3 Å². The first kappa shape index (κ1) is 15.8. The highest BCUT2D eigenvalue weighted by Crippen LogP contribution is 2.16. The van der Waals surface area contributed by atoms with Gasteiger partial charge in [0.25, 0.3) is 0 Å². The van der Waals surface area contributed by atoms with Crippen molar-refractivity contribution in [1.29, 1.82) is 0 Å². The Balaban J connectivity index is 2.24. The van der Waals surface area contributed by atoms with Gasteiger partial charge in [0.1, 0.15) is 0 Å². The van der Waals surface area contributed by atoms with E-state index >= 15 is 0 Å². The van der Waals surface area contributed by atoms with Crippen molar-refractivity contribution in [2.24, 2.45) is 0 Å². The van der Waals surface area contributed by atoms with E-state index in [1.165, 1.54) is 4.90 Å². The van der Waals surface area contributed by atoms with Gasteiger partial charge < -0.3 is 5.32 Å². The Labute approximate surface area is 112 Å². The number of rotatable bonds is 8. The van der Waals surface area contributed by atoms with E-state index in [1.807, 2.05) is 37.3 Å². The van der Waals surface area contributed by atoms with Gasteiger partial charge in [0.15, 0.2) is 0 Å². The van der Waals surface area contributed by atoms with Crippen molar-refractivity contribution in [3.63, 3.8) is 0 Å². The Morgan fingerprint density at radius 3 is 2.37 bits per heavy atom. The van der Waals surface area contributed by atoms with Crippen LogP contribution in [0.15, 0.2) is 30.3 Å². The van der Waals surface area contributed by atoms with Crippen LogP contribution < -0.4 is 5.32 Å². The van der Waals surface area contributed by atoms with Crippen molar-refractivity contribution < 1.29 is 13.2 Å². The van der Waals surface area contributed by atoms with Gasteiger partial charge >= 0.3 is 6.18 Å². The standard InChI is InChI=1S/C14H21F3N2/c1-2-10-19(12-14(15,16)17)11-6-9-18-13-7-4-3-5-8-13/h3-5,7-8,18H,2,6,9-12H2,1H3. The van der Waals surface area contributed by atoms with E-state index in [9.17, 15) is 13.2 Å². The highest BCUT2D eigenvalue weighted by Gasteiger charge is 2.29. The number of hydrogen-bond acceptors (Lipinski definition) is 2. The molecule has 0 aliphatic heterocycles. The van der Waals surface area contributed by atoms with Gasteiger partial charge in [0.05, 0.1) is 6.54 Å². The van der Waals surface area contributed by atoms with E-state index in [-0.39, 0.29) is 0 Å². The van der Waals surface area contributed by atoms with Crippen LogP contribution in [0.4, 0.5) is 18.9 Å². The van der Waals surface area contributed by atoms with E-state index < -0.39 is 12.7 Å². The third kappa shape index (κ3) is 7.72. The summed E-state index contributed by atoms with van der Waals surface area (Å²) in [4.78, 5) is 1.46. The predicted octanol–water partition coefficient (Wildman–Crippen LogP) is 3.76. The summed E-state index contributed by atoms with van der Waals surface area (Å²) in [5.74, 6) is 0. The van der Waals surface area contributed by atoms with Crippen LogP contribution in [0.1, 0.15) is 19.8 Å². The molecule has 0 bridgehead atoms. The molecule has 0 spiro atoms. The van der Waals surface area contributed by atoms with Crippen molar-refractivity contribution in [2.75, 3.05) is 31.5 Å². The Morgan fingerprint density at radius 1 is 1.11 bits per heavy atom. The molecule has 0 aliphatic rings. The van der Waals surface area contributed by atoms with E-state index in [1.54, 1.807) is 0 Å². The molecule has 108 valence electrons. The predicted molar refractivity (Wildman–Crippen MR) is 72.3 cm³/mol. The van der Waals surface area contributed by atoms with Gasteiger partial charge in [-0.05, 0) is 31.5 Å². The van der Waals surface area contributed by atoms with E-state index in [2.05, 4.69) is 5.32 Å². The smallest absolute Gasteiger partial charge is 0.385 e. The van der Waals surface area contributed by atoms with Gasteiger partial charge in [-0.1, -0.05) is 25.1 Å². The second-order valence-electron chi connectivity index (χ2n) is 4.54. The summed E-state index contributed by atoms with van der Waals surface area (Å²) >= 11 is 0. The summed E-state index contributed by atoms with van der Waals surface area (Å²) in [6, 6.07) is 9.67. The highest BCUT2D eigenvalue weighted by atomic mass is 19.4. The topological polar surface area (TPSA) is 15.3 Å². The lowest BCUT2D eigenvalue weighted by atomic mass is 10.3. The Morgan fingerprint density at radius 2 is 1.79 bits per heavy atom.